The van der Waals surface area contributed by atoms with Crippen molar-refractivity contribution in [2.45, 2.75) is 22.9 Å². The zero-order valence-electron chi connectivity index (χ0n) is 16.9. The smallest absolute Gasteiger partial charge is 0.227 e. The Morgan fingerprint density at radius 1 is 1.13 bits per heavy atom. The van der Waals surface area contributed by atoms with Crippen LogP contribution < -0.4 is 15.5 Å². The third-order valence-corrected chi connectivity index (χ3v) is 5.94. The molecule has 3 heterocycles. The number of ether oxygens (including phenoxy) is 1. The second kappa shape index (κ2) is 8.94. The van der Waals surface area contributed by atoms with Gasteiger partial charge in [0.15, 0.2) is 5.16 Å². The number of hydrogen-bond acceptors (Lipinski definition) is 8. The van der Waals surface area contributed by atoms with Crippen molar-refractivity contribution >= 4 is 40.8 Å². The molecule has 0 spiro atoms. The van der Waals surface area contributed by atoms with Crippen molar-refractivity contribution in [3.8, 4) is 0 Å². The Kier molecular flexibility index (Phi) is 5.72. The van der Waals surface area contributed by atoms with Gasteiger partial charge in [-0.15, -0.1) is 0 Å². The molecule has 2 aliphatic rings. The Morgan fingerprint density at radius 3 is 2.65 bits per heavy atom. The molecule has 1 saturated carbocycles. The predicted octanol–water partition coefficient (Wildman–Crippen LogP) is 3.28. The Morgan fingerprint density at radius 2 is 1.94 bits per heavy atom. The largest absolute Gasteiger partial charge is 0.378 e. The van der Waals surface area contributed by atoms with Crippen molar-refractivity contribution in [1.29, 1.82) is 0 Å². The summed E-state index contributed by atoms with van der Waals surface area (Å²) in [5, 5.41) is 13.7. The van der Waals surface area contributed by atoms with E-state index in [0.717, 1.165) is 48.1 Å². The van der Waals surface area contributed by atoms with Gasteiger partial charge in [0.05, 0.1) is 19.4 Å². The molecule has 10 heteroatoms. The van der Waals surface area contributed by atoms with Crippen LogP contribution in [0.25, 0.3) is 0 Å². The predicted molar refractivity (Wildman–Crippen MR) is 119 cm³/mol. The van der Waals surface area contributed by atoms with Gasteiger partial charge >= 0.3 is 0 Å². The number of aromatic nitrogens is 4. The van der Waals surface area contributed by atoms with Gasteiger partial charge in [-0.1, -0.05) is 0 Å². The number of morpholine rings is 1. The fourth-order valence-electron chi connectivity index (χ4n) is 3.24. The maximum atomic E-state index is 11.9. The first-order valence-corrected chi connectivity index (χ1v) is 11.1. The standard InChI is InChI=1S/C21H23N7O2S/c29-20(14-1-2-14)23-15-3-5-16(6-4-15)31-21-25-18(24-17-7-8-22-27-17)13-19(26-21)28-9-11-30-12-10-28/h3-8,13-14H,1-2,9-12H2,(H,23,29)(H2,22,24,25,26,27). The molecule has 2 aromatic heterocycles. The summed E-state index contributed by atoms with van der Waals surface area (Å²) < 4.78 is 5.47. The van der Waals surface area contributed by atoms with Crippen molar-refractivity contribution in [1.82, 2.24) is 20.2 Å². The van der Waals surface area contributed by atoms with Gasteiger partial charge in [-0.3, -0.25) is 9.89 Å². The van der Waals surface area contributed by atoms with Gasteiger partial charge < -0.3 is 20.3 Å². The molecule has 9 nitrogen and oxygen atoms in total. The van der Waals surface area contributed by atoms with Gasteiger partial charge in [0, 0.05) is 41.7 Å². The van der Waals surface area contributed by atoms with E-state index >= 15 is 0 Å². The van der Waals surface area contributed by atoms with Crippen molar-refractivity contribution in [3.63, 3.8) is 0 Å². The van der Waals surface area contributed by atoms with Gasteiger partial charge in [-0.25, -0.2) is 9.97 Å². The van der Waals surface area contributed by atoms with E-state index in [1.54, 1.807) is 6.20 Å². The number of H-pyrrole nitrogens is 1. The van der Waals surface area contributed by atoms with Crippen LogP contribution in [0.5, 0.6) is 0 Å². The van der Waals surface area contributed by atoms with Gasteiger partial charge in [0.25, 0.3) is 0 Å². The fraction of sp³-hybridized carbons (Fsp3) is 0.333. The second-order valence-corrected chi connectivity index (χ2v) is 8.52. The molecule has 1 aliphatic heterocycles. The summed E-state index contributed by atoms with van der Waals surface area (Å²) in [6.07, 6.45) is 3.67. The number of carbonyl (C=O) groups excluding carboxylic acids is 1. The minimum atomic E-state index is 0.108. The number of anilines is 4. The molecule has 1 aliphatic carbocycles. The Bertz CT molecular complexity index is 1030. The number of hydrogen-bond donors (Lipinski definition) is 3. The lowest BCUT2D eigenvalue weighted by Crippen LogP contribution is -2.36. The van der Waals surface area contributed by atoms with E-state index in [1.807, 2.05) is 36.4 Å². The molecular formula is C21H23N7O2S. The summed E-state index contributed by atoms with van der Waals surface area (Å²) in [6, 6.07) is 11.6. The normalized spacial score (nSPS) is 16.2. The quantitative estimate of drug-likeness (QED) is 0.483. The summed E-state index contributed by atoms with van der Waals surface area (Å²) in [4.78, 5) is 24.6. The SMILES string of the molecule is O=C(Nc1ccc(Sc2nc(Nc3ccn[nH]3)cc(N3CCOCC3)n2)cc1)C1CC1. The van der Waals surface area contributed by atoms with E-state index in [0.29, 0.717) is 24.2 Å². The molecular weight excluding hydrogens is 414 g/mol. The van der Waals surface area contributed by atoms with E-state index in [1.165, 1.54) is 11.8 Å². The second-order valence-electron chi connectivity index (χ2n) is 7.48. The topological polar surface area (TPSA) is 108 Å². The van der Waals surface area contributed by atoms with Gasteiger partial charge in [0.2, 0.25) is 5.91 Å². The molecule has 2 fully saturated rings. The lowest BCUT2D eigenvalue weighted by atomic mass is 10.3. The molecule has 0 radical (unpaired) electrons. The van der Waals surface area contributed by atoms with E-state index in [2.05, 4.69) is 30.7 Å². The molecule has 1 saturated heterocycles. The summed E-state index contributed by atoms with van der Waals surface area (Å²) in [6.45, 7) is 2.95. The first kappa shape index (κ1) is 19.8. The molecule has 1 aromatic carbocycles. The van der Waals surface area contributed by atoms with Crippen LogP contribution in [0.3, 0.4) is 0 Å². The van der Waals surface area contributed by atoms with E-state index in [-0.39, 0.29) is 11.8 Å². The molecule has 0 atom stereocenters. The monoisotopic (exact) mass is 437 g/mol. The third-order valence-electron chi connectivity index (χ3n) is 5.07. The molecule has 3 N–H and O–H groups in total. The van der Waals surface area contributed by atoms with E-state index < -0.39 is 0 Å². The van der Waals surface area contributed by atoms with E-state index in [9.17, 15) is 4.79 Å². The number of rotatable bonds is 7. The fourth-order valence-corrected chi connectivity index (χ4v) is 4.01. The van der Waals surface area contributed by atoms with Crippen LogP contribution in [0.4, 0.5) is 23.1 Å². The number of nitrogens with zero attached hydrogens (tertiary/aromatic N) is 4. The van der Waals surface area contributed by atoms with Crippen molar-refractivity contribution < 1.29 is 9.53 Å². The highest BCUT2D eigenvalue weighted by Crippen LogP contribution is 2.32. The van der Waals surface area contributed by atoms with Crippen LogP contribution in [0.15, 0.2) is 52.6 Å². The van der Waals surface area contributed by atoms with Crippen LogP contribution in [0.2, 0.25) is 0 Å². The lowest BCUT2D eigenvalue weighted by molar-refractivity contribution is -0.117. The Balaban J connectivity index is 1.34. The molecule has 5 rings (SSSR count). The first-order valence-electron chi connectivity index (χ1n) is 10.3. The number of carbonyl (C=O) groups is 1. The summed E-state index contributed by atoms with van der Waals surface area (Å²) in [7, 11) is 0. The number of amides is 1. The van der Waals surface area contributed by atoms with Crippen molar-refractivity contribution in [3.05, 3.63) is 42.6 Å². The molecule has 0 unspecified atom stereocenters. The highest BCUT2D eigenvalue weighted by Gasteiger charge is 2.29. The van der Waals surface area contributed by atoms with Crippen molar-refractivity contribution in [2.24, 2.45) is 5.92 Å². The highest BCUT2D eigenvalue weighted by atomic mass is 32.2. The van der Waals surface area contributed by atoms with Crippen LogP contribution in [-0.4, -0.2) is 52.4 Å². The Labute approximate surface area is 184 Å². The van der Waals surface area contributed by atoms with Gasteiger partial charge in [-0.2, -0.15) is 5.10 Å². The maximum Gasteiger partial charge on any atom is 0.227 e. The molecule has 0 bridgehead atoms. The zero-order chi connectivity index (χ0) is 21.0. The third kappa shape index (κ3) is 5.15. The van der Waals surface area contributed by atoms with Crippen LogP contribution >= 0.6 is 11.8 Å². The minimum Gasteiger partial charge on any atom is -0.378 e. The van der Waals surface area contributed by atoms with Crippen LogP contribution in [-0.2, 0) is 9.53 Å². The molecule has 31 heavy (non-hydrogen) atoms. The van der Waals surface area contributed by atoms with Gasteiger partial charge in [-0.05, 0) is 48.9 Å². The highest BCUT2D eigenvalue weighted by molar-refractivity contribution is 7.99. The van der Waals surface area contributed by atoms with Crippen LogP contribution in [0.1, 0.15) is 12.8 Å². The summed E-state index contributed by atoms with van der Waals surface area (Å²) in [5.41, 5.74) is 0.811. The number of nitrogens with one attached hydrogen (secondary N) is 3. The summed E-state index contributed by atoms with van der Waals surface area (Å²) in [5.74, 6) is 2.61. The first-order chi connectivity index (χ1) is 15.2. The van der Waals surface area contributed by atoms with Crippen LogP contribution in [0, 0.1) is 5.92 Å². The van der Waals surface area contributed by atoms with Gasteiger partial charge in [0.1, 0.15) is 17.5 Å². The maximum absolute atomic E-state index is 11.9. The minimum absolute atomic E-state index is 0.108. The average molecular weight is 438 g/mol. The molecule has 160 valence electrons. The summed E-state index contributed by atoms with van der Waals surface area (Å²) >= 11 is 1.48. The zero-order valence-corrected chi connectivity index (χ0v) is 17.7. The van der Waals surface area contributed by atoms with E-state index in [4.69, 9.17) is 9.72 Å². The molecule has 1 amide bonds. The number of benzene rings is 1. The average Bonchev–Trinajstić information content (AvgIpc) is 3.53. The van der Waals surface area contributed by atoms with Crippen molar-refractivity contribution in [2.75, 3.05) is 41.8 Å². The number of aromatic amines is 1. The molecule has 3 aromatic rings. The Hall–Kier alpha value is -3.11. The lowest BCUT2D eigenvalue weighted by Gasteiger charge is -2.28.